The highest BCUT2D eigenvalue weighted by Gasteiger charge is 2.17. The van der Waals surface area contributed by atoms with E-state index in [1.165, 1.54) is 25.7 Å². The molecule has 0 bridgehead atoms. The van der Waals surface area contributed by atoms with Crippen molar-refractivity contribution in [1.29, 1.82) is 0 Å². The summed E-state index contributed by atoms with van der Waals surface area (Å²) in [7, 11) is 0. The number of hydrogen-bond donors (Lipinski definition) is 1. The minimum atomic E-state index is -0.117. The van der Waals surface area contributed by atoms with Crippen molar-refractivity contribution in [2.24, 2.45) is 0 Å². The predicted octanol–water partition coefficient (Wildman–Crippen LogP) is 3.47. The lowest BCUT2D eigenvalue weighted by atomic mass is 10.1. The Morgan fingerprint density at radius 1 is 1.29 bits per heavy atom. The van der Waals surface area contributed by atoms with Crippen LogP contribution in [-0.2, 0) is 5.88 Å². The summed E-state index contributed by atoms with van der Waals surface area (Å²) in [5.74, 6) is 1.19. The van der Waals surface area contributed by atoms with Gasteiger partial charge in [0.05, 0.1) is 5.88 Å². The van der Waals surface area contributed by atoms with E-state index in [1.54, 1.807) is 12.1 Å². The van der Waals surface area contributed by atoms with E-state index in [2.05, 4.69) is 5.32 Å². The first kappa shape index (κ1) is 12.5. The summed E-state index contributed by atoms with van der Waals surface area (Å²) < 4.78 is 5.32. The van der Waals surface area contributed by atoms with Crippen molar-refractivity contribution in [1.82, 2.24) is 5.32 Å². The quantitative estimate of drug-likeness (QED) is 0.664. The third-order valence-corrected chi connectivity index (χ3v) is 3.47. The van der Waals surface area contributed by atoms with Crippen LogP contribution in [0.4, 0.5) is 0 Å². The molecule has 1 amide bonds. The number of furan rings is 1. The average Bonchev–Trinajstić information content (AvgIpc) is 2.68. The van der Waals surface area contributed by atoms with Gasteiger partial charge in [0.15, 0.2) is 5.76 Å². The normalized spacial score (nSPS) is 17.7. The van der Waals surface area contributed by atoms with Gasteiger partial charge in [-0.25, -0.2) is 0 Å². The van der Waals surface area contributed by atoms with Crippen LogP contribution in [0.5, 0.6) is 0 Å². The fourth-order valence-electron chi connectivity index (χ4n) is 2.25. The van der Waals surface area contributed by atoms with Crippen LogP contribution in [0.1, 0.15) is 54.8 Å². The van der Waals surface area contributed by atoms with Gasteiger partial charge in [0.2, 0.25) is 0 Å². The molecule has 0 spiro atoms. The summed E-state index contributed by atoms with van der Waals surface area (Å²) in [5.41, 5.74) is 0. The Bertz CT molecular complexity index is 367. The van der Waals surface area contributed by atoms with E-state index in [4.69, 9.17) is 16.0 Å². The van der Waals surface area contributed by atoms with Gasteiger partial charge in [-0.2, -0.15) is 0 Å². The molecule has 0 atom stereocenters. The summed E-state index contributed by atoms with van der Waals surface area (Å²) in [4.78, 5) is 11.9. The van der Waals surface area contributed by atoms with Crippen molar-refractivity contribution >= 4 is 17.5 Å². The first-order valence-corrected chi connectivity index (χ1v) is 6.78. The minimum absolute atomic E-state index is 0.117. The third-order valence-electron chi connectivity index (χ3n) is 3.21. The molecule has 1 aromatic heterocycles. The van der Waals surface area contributed by atoms with E-state index in [1.807, 2.05) is 0 Å². The van der Waals surface area contributed by atoms with Gasteiger partial charge < -0.3 is 9.73 Å². The van der Waals surface area contributed by atoms with Crippen LogP contribution < -0.4 is 5.32 Å². The van der Waals surface area contributed by atoms with Gasteiger partial charge >= 0.3 is 0 Å². The highest BCUT2D eigenvalue weighted by Crippen LogP contribution is 2.18. The summed E-state index contributed by atoms with van der Waals surface area (Å²) in [6.07, 6.45) is 7.13. The van der Waals surface area contributed by atoms with E-state index in [-0.39, 0.29) is 5.91 Å². The van der Waals surface area contributed by atoms with Crippen LogP contribution in [0.3, 0.4) is 0 Å². The first-order valence-electron chi connectivity index (χ1n) is 6.25. The lowest BCUT2D eigenvalue weighted by Crippen LogP contribution is -2.34. The summed E-state index contributed by atoms with van der Waals surface area (Å²) in [5, 5.41) is 3.04. The fourth-order valence-corrected chi connectivity index (χ4v) is 2.40. The molecule has 2 rings (SSSR count). The zero-order chi connectivity index (χ0) is 12.1. The lowest BCUT2D eigenvalue weighted by Gasteiger charge is -2.14. The van der Waals surface area contributed by atoms with Gasteiger partial charge in [0.1, 0.15) is 5.76 Å². The number of carbonyl (C=O) groups is 1. The van der Waals surface area contributed by atoms with Gasteiger partial charge in [-0.15, -0.1) is 11.6 Å². The molecule has 0 saturated heterocycles. The third kappa shape index (κ3) is 3.50. The van der Waals surface area contributed by atoms with Crippen LogP contribution in [0.15, 0.2) is 16.5 Å². The summed E-state index contributed by atoms with van der Waals surface area (Å²) >= 11 is 5.63. The van der Waals surface area contributed by atoms with Crippen molar-refractivity contribution in [3.63, 3.8) is 0 Å². The highest BCUT2D eigenvalue weighted by atomic mass is 35.5. The second-order valence-corrected chi connectivity index (χ2v) is 4.83. The van der Waals surface area contributed by atoms with Crippen LogP contribution >= 0.6 is 11.6 Å². The Morgan fingerprint density at radius 2 is 2.00 bits per heavy atom. The Labute approximate surface area is 107 Å². The molecule has 1 fully saturated rings. The topological polar surface area (TPSA) is 42.2 Å². The number of alkyl halides is 1. The molecule has 0 aliphatic heterocycles. The Morgan fingerprint density at radius 3 is 2.59 bits per heavy atom. The van der Waals surface area contributed by atoms with E-state index < -0.39 is 0 Å². The Balaban J connectivity index is 1.91. The van der Waals surface area contributed by atoms with E-state index in [0.717, 1.165) is 12.8 Å². The number of halogens is 1. The molecule has 3 nitrogen and oxygen atoms in total. The molecule has 1 aliphatic rings. The zero-order valence-corrected chi connectivity index (χ0v) is 10.6. The summed E-state index contributed by atoms with van der Waals surface area (Å²) in [6.45, 7) is 0. The van der Waals surface area contributed by atoms with Crippen LogP contribution in [0.25, 0.3) is 0 Å². The van der Waals surface area contributed by atoms with Gasteiger partial charge in [-0.1, -0.05) is 25.7 Å². The lowest BCUT2D eigenvalue weighted by molar-refractivity contribution is 0.0904. The van der Waals surface area contributed by atoms with Crippen LogP contribution in [-0.4, -0.2) is 11.9 Å². The van der Waals surface area contributed by atoms with Gasteiger partial charge in [-0.05, 0) is 25.0 Å². The molecule has 17 heavy (non-hydrogen) atoms. The molecule has 0 unspecified atom stereocenters. The monoisotopic (exact) mass is 255 g/mol. The number of rotatable bonds is 3. The molecule has 94 valence electrons. The molecule has 4 heteroatoms. The number of nitrogens with one attached hydrogen (secondary N) is 1. The Hall–Kier alpha value is -0.960. The van der Waals surface area contributed by atoms with Crippen molar-refractivity contribution in [2.45, 2.75) is 50.4 Å². The molecular formula is C13H18ClNO2. The maximum absolute atomic E-state index is 11.9. The maximum Gasteiger partial charge on any atom is 0.287 e. The highest BCUT2D eigenvalue weighted by molar-refractivity contribution is 6.16. The molecule has 1 saturated carbocycles. The number of amides is 1. The molecule has 1 N–H and O–H groups in total. The van der Waals surface area contributed by atoms with E-state index in [9.17, 15) is 4.79 Å². The Kier molecular flexibility index (Phi) is 4.49. The van der Waals surface area contributed by atoms with Crippen LogP contribution in [0, 0.1) is 0 Å². The molecule has 1 heterocycles. The van der Waals surface area contributed by atoms with Crippen molar-refractivity contribution in [3.05, 3.63) is 23.7 Å². The van der Waals surface area contributed by atoms with Crippen molar-refractivity contribution in [3.8, 4) is 0 Å². The second kappa shape index (κ2) is 6.10. The molecule has 1 aliphatic carbocycles. The van der Waals surface area contributed by atoms with Gasteiger partial charge in [0, 0.05) is 6.04 Å². The number of carbonyl (C=O) groups excluding carboxylic acids is 1. The minimum Gasteiger partial charge on any atom is -0.455 e. The first-order chi connectivity index (χ1) is 8.29. The fraction of sp³-hybridized carbons (Fsp3) is 0.615. The van der Waals surface area contributed by atoms with Crippen molar-refractivity contribution in [2.75, 3.05) is 0 Å². The molecule has 0 radical (unpaired) electrons. The predicted molar refractivity (Wildman–Crippen MR) is 67.2 cm³/mol. The molecule has 0 aromatic carbocycles. The SMILES string of the molecule is O=C(NC1CCCCCC1)c1ccc(CCl)o1. The zero-order valence-electron chi connectivity index (χ0n) is 9.88. The molecule has 1 aromatic rings. The van der Waals surface area contributed by atoms with Gasteiger partial charge in [0.25, 0.3) is 5.91 Å². The smallest absolute Gasteiger partial charge is 0.287 e. The average molecular weight is 256 g/mol. The standard InChI is InChI=1S/C13H18ClNO2/c14-9-11-7-8-12(17-11)13(16)15-10-5-3-1-2-4-6-10/h7-8,10H,1-6,9H2,(H,15,16). The van der Waals surface area contributed by atoms with Gasteiger partial charge in [-0.3, -0.25) is 4.79 Å². The van der Waals surface area contributed by atoms with Crippen LogP contribution in [0.2, 0.25) is 0 Å². The maximum atomic E-state index is 11.9. The summed E-state index contributed by atoms with van der Waals surface area (Å²) in [6, 6.07) is 3.73. The number of hydrogen-bond acceptors (Lipinski definition) is 2. The van der Waals surface area contributed by atoms with E-state index in [0.29, 0.717) is 23.4 Å². The van der Waals surface area contributed by atoms with E-state index >= 15 is 0 Å². The van der Waals surface area contributed by atoms with Crippen molar-refractivity contribution < 1.29 is 9.21 Å². The molecular weight excluding hydrogens is 238 g/mol. The second-order valence-electron chi connectivity index (χ2n) is 4.56. The largest absolute Gasteiger partial charge is 0.455 e.